The average Bonchev–Trinajstić information content (AvgIpc) is 3.01. The number of methoxy groups -OCH3 is 2. The predicted octanol–water partition coefficient (Wildman–Crippen LogP) is 2.44. The van der Waals surface area contributed by atoms with Crippen molar-refractivity contribution in [2.24, 2.45) is 5.92 Å². The number of carbonyl (C=O) groups is 3. The van der Waals surface area contributed by atoms with Crippen molar-refractivity contribution < 1.29 is 28.2 Å². The molecule has 8 nitrogen and oxygen atoms in total. The van der Waals surface area contributed by atoms with Crippen LogP contribution in [0.2, 0.25) is 5.02 Å². The van der Waals surface area contributed by atoms with Crippen molar-refractivity contribution in [3.05, 3.63) is 28.5 Å². The molecular weight excluding hydrogens is 429 g/mol. The van der Waals surface area contributed by atoms with Crippen LogP contribution in [0.15, 0.2) is 12.1 Å². The van der Waals surface area contributed by atoms with E-state index < -0.39 is 29.2 Å². The van der Waals surface area contributed by atoms with Gasteiger partial charge in [0.15, 0.2) is 0 Å². The standard InChI is InChI=1S/C21H27ClFN3O5/c1-12(10-21(11-30-2)19(28)24-20(29)25-21)18(27)26-6-4-13(5-7-26)14-8-16(23)15(22)9-17(14)31-3/h8-9,12-13H,4-7,10-11H2,1-3H3,(H2,24,25,28,29)/t12-,21-/m0/s1. The Bertz CT molecular complexity index is 875. The number of piperidine rings is 1. The smallest absolute Gasteiger partial charge is 0.322 e. The van der Waals surface area contributed by atoms with Gasteiger partial charge in [0.1, 0.15) is 17.1 Å². The highest BCUT2D eigenvalue weighted by Gasteiger charge is 2.48. The number of halogens is 2. The van der Waals surface area contributed by atoms with Gasteiger partial charge < -0.3 is 19.7 Å². The number of imide groups is 1. The number of rotatable bonds is 7. The maximum atomic E-state index is 14.0. The Morgan fingerprint density at radius 2 is 2.00 bits per heavy atom. The second-order valence-corrected chi connectivity index (χ2v) is 8.54. The van der Waals surface area contributed by atoms with Gasteiger partial charge in [-0.25, -0.2) is 9.18 Å². The number of amides is 4. The summed E-state index contributed by atoms with van der Waals surface area (Å²) in [4.78, 5) is 38.7. The fraction of sp³-hybridized carbons (Fsp3) is 0.571. The normalized spacial score (nSPS) is 22.8. The summed E-state index contributed by atoms with van der Waals surface area (Å²) < 4.78 is 24.5. The third-order valence-corrected chi connectivity index (χ3v) is 6.29. The number of likely N-dealkylation sites (tertiary alicyclic amines) is 1. The molecule has 31 heavy (non-hydrogen) atoms. The van der Waals surface area contributed by atoms with Crippen LogP contribution in [0.1, 0.15) is 37.7 Å². The van der Waals surface area contributed by atoms with Gasteiger partial charge in [-0.15, -0.1) is 0 Å². The van der Waals surface area contributed by atoms with Crippen LogP contribution in [0.25, 0.3) is 0 Å². The molecule has 2 aliphatic rings. The largest absolute Gasteiger partial charge is 0.496 e. The van der Waals surface area contributed by atoms with Crippen molar-refractivity contribution in [2.75, 3.05) is 33.9 Å². The number of carbonyl (C=O) groups excluding carboxylic acids is 3. The number of urea groups is 1. The van der Waals surface area contributed by atoms with Crippen molar-refractivity contribution in [1.29, 1.82) is 0 Å². The molecule has 0 spiro atoms. The third-order valence-electron chi connectivity index (χ3n) is 6.00. The molecule has 1 aromatic rings. The molecule has 2 N–H and O–H groups in total. The van der Waals surface area contributed by atoms with Gasteiger partial charge in [-0.05, 0) is 31.2 Å². The lowest BCUT2D eigenvalue weighted by Gasteiger charge is -2.36. The Labute approximate surface area is 185 Å². The molecule has 2 atom stereocenters. The molecule has 0 aromatic heterocycles. The van der Waals surface area contributed by atoms with E-state index in [0.29, 0.717) is 31.7 Å². The maximum absolute atomic E-state index is 14.0. The first kappa shape index (κ1) is 23.3. The zero-order valence-corrected chi connectivity index (χ0v) is 18.6. The summed E-state index contributed by atoms with van der Waals surface area (Å²) in [7, 11) is 2.95. The molecule has 2 aliphatic heterocycles. The Morgan fingerprint density at radius 3 is 2.55 bits per heavy atom. The van der Waals surface area contributed by atoms with Gasteiger partial charge in [0.2, 0.25) is 5.91 Å². The van der Waals surface area contributed by atoms with E-state index in [4.69, 9.17) is 21.1 Å². The van der Waals surface area contributed by atoms with Gasteiger partial charge >= 0.3 is 6.03 Å². The Balaban J connectivity index is 1.64. The highest BCUT2D eigenvalue weighted by atomic mass is 35.5. The van der Waals surface area contributed by atoms with Crippen molar-refractivity contribution in [2.45, 2.75) is 37.6 Å². The molecule has 0 saturated carbocycles. The van der Waals surface area contributed by atoms with Crippen LogP contribution in [-0.4, -0.2) is 62.2 Å². The second kappa shape index (κ2) is 9.40. The summed E-state index contributed by atoms with van der Waals surface area (Å²) in [6, 6.07) is 2.29. The van der Waals surface area contributed by atoms with E-state index in [0.717, 1.165) is 5.56 Å². The van der Waals surface area contributed by atoms with E-state index in [1.807, 2.05) is 0 Å². The number of nitrogens with one attached hydrogen (secondary N) is 2. The Morgan fingerprint density at radius 1 is 1.32 bits per heavy atom. The molecule has 3 rings (SSSR count). The first-order valence-electron chi connectivity index (χ1n) is 10.1. The van der Waals surface area contributed by atoms with Crippen LogP contribution >= 0.6 is 11.6 Å². The Hall–Kier alpha value is -2.39. The van der Waals surface area contributed by atoms with Gasteiger partial charge in [-0.2, -0.15) is 0 Å². The summed E-state index contributed by atoms with van der Waals surface area (Å²) in [6.45, 7) is 2.71. The monoisotopic (exact) mass is 455 g/mol. The number of hydrogen-bond acceptors (Lipinski definition) is 5. The quantitative estimate of drug-likeness (QED) is 0.615. The van der Waals surface area contributed by atoms with Crippen molar-refractivity contribution in [1.82, 2.24) is 15.5 Å². The van der Waals surface area contributed by atoms with Crippen LogP contribution in [0.3, 0.4) is 0 Å². The van der Waals surface area contributed by atoms with Crippen LogP contribution in [-0.2, 0) is 14.3 Å². The summed E-state index contributed by atoms with van der Waals surface area (Å²) in [5, 5.41) is 4.83. The van der Waals surface area contributed by atoms with Crippen molar-refractivity contribution >= 4 is 29.4 Å². The van der Waals surface area contributed by atoms with Gasteiger partial charge in [0.05, 0.1) is 18.7 Å². The molecule has 4 amide bonds. The predicted molar refractivity (Wildman–Crippen MR) is 112 cm³/mol. The molecule has 0 radical (unpaired) electrons. The van der Waals surface area contributed by atoms with Crippen LogP contribution < -0.4 is 15.4 Å². The van der Waals surface area contributed by atoms with Gasteiger partial charge in [-0.3, -0.25) is 14.9 Å². The fourth-order valence-electron chi connectivity index (χ4n) is 4.45. The van der Waals surface area contributed by atoms with Crippen LogP contribution in [0, 0.1) is 11.7 Å². The zero-order valence-electron chi connectivity index (χ0n) is 17.8. The molecule has 0 unspecified atom stereocenters. The van der Waals surface area contributed by atoms with Crippen LogP contribution in [0.4, 0.5) is 9.18 Å². The zero-order chi connectivity index (χ0) is 22.8. The molecule has 2 fully saturated rings. The second-order valence-electron chi connectivity index (χ2n) is 8.14. The minimum Gasteiger partial charge on any atom is -0.496 e. The molecule has 170 valence electrons. The highest BCUT2D eigenvalue weighted by Crippen LogP contribution is 2.37. The lowest BCUT2D eigenvalue weighted by molar-refractivity contribution is -0.138. The number of hydrogen-bond donors (Lipinski definition) is 2. The molecule has 2 saturated heterocycles. The summed E-state index contributed by atoms with van der Waals surface area (Å²) in [6.07, 6.45) is 1.43. The maximum Gasteiger partial charge on any atom is 0.322 e. The first-order valence-corrected chi connectivity index (χ1v) is 10.5. The first-order chi connectivity index (χ1) is 14.7. The molecular formula is C21H27ClFN3O5. The van der Waals surface area contributed by atoms with E-state index in [9.17, 15) is 18.8 Å². The number of benzene rings is 1. The Kier molecular flexibility index (Phi) is 7.06. The van der Waals surface area contributed by atoms with Crippen LogP contribution in [0.5, 0.6) is 5.75 Å². The molecule has 0 bridgehead atoms. The summed E-state index contributed by atoms with van der Waals surface area (Å²) >= 11 is 5.85. The SMILES string of the molecule is COC[C@]1(C[C@H](C)C(=O)N2CCC(c3cc(F)c(Cl)cc3OC)CC2)NC(=O)NC1=O. The number of ether oxygens (including phenoxy) is 2. The van der Waals surface area contributed by atoms with Gasteiger partial charge in [0, 0.05) is 37.7 Å². The fourth-order valence-corrected chi connectivity index (χ4v) is 4.60. The lowest BCUT2D eigenvalue weighted by Crippen LogP contribution is -2.53. The third kappa shape index (κ3) is 4.77. The van der Waals surface area contributed by atoms with Gasteiger partial charge in [-0.1, -0.05) is 18.5 Å². The van der Waals surface area contributed by atoms with Crippen molar-refractivity contribution in [3.63, 3.8) is 0 Å². The minimum atomic E-state index is -1.26. The molecule has 1 aromatic carbocycles. The average molecular weight is 456 g/mol. The molecule has 2 heterocycles. The minimum absolute atomic E-state index is 0.00932. The van der Waals surface area contributed by atoms with E-state index in [1.165, 1.54) is 26.4 Å². The van der Waals surface area contributed by atoms with E-state index in [1.54, 1.807) is 11.8 Å². The van der Waals surface area contributed by atoms with Gasteiger partial charge in [0.25, 0.3) is 5.91 Å². The highest BCUT2D eigenvalue weighted by molar-refractivity contribution is 6.30. The topological polar surface area (TPSA) is 97.0 Å². The van der Waals surface area contributed by atoms with E-state index in [-0.39, 0.29) is 29.9 Å². The lowest BCUT2D eigenvalue weighted by atomic mass is 9.86. The molecule has 0 aliphatic carbocycles. The number of nitrogens with zero attached hydrogens (tertiary/aromatic N) is 1. The van der Waals surface area contributed by atoms with Crippen molar-refractivity contribution in [3.8, 4) is 5.75 Å². The molecule has 10 heteroatoms. The van der Waals surface area contributed by atoms with E-state index >= 15 is 0 Å². The summed E-state index contributed by atoms with van der Waals surface area (Å²) in [5.41, 5.74) is -0.512. The van der Waals surface area contributed by atoms with E-state index in [2.05, 4.69) is 10.6 Å². The summed E-state index contributed by atoms with van der Waals surface area (Å²) in [5.74, 6) is -1.01.